The van der Waals surface area contributed by atoms with Crippen molar-refractivity contribution in [2.75, 3.05) is 18.4 Å². The molecule has 0 aliphatic carbocycles. The zero-order valence-corrected chi connectivity index (χ0v) is 17.1. The summed E-state index contributed by atoms with van der Waals surface area (Å²) in [5, 5.41) is 14.2. The number of aromatic hydroxyl groups is 1. The molecule has 0 unspecified atom stereocenters. The number of phenolic OH excluding ortho intramolecular Hbond substituents is 1. The first-order chi connectivity index (χ1) is 14.6. The lowest BCUT2D eigenvalue weighted by atomic mass is 10.0. The van der Waals surface area contributed by atoms with Gasteiger partial charge in [-0.15, -0.1) is 0 Å². The van der Waals surface area contributed by atoms with Crippen LogP contribution in [0, 0.1) is 0 Å². The van der Waals surface area contributed by atoms with Crippen molar-refractivity contribution in [3.8, 4) is 5.75 Å². The summed E-state index contributed by atoms with van der Waals surface area (Å²) in [6.07, 6.45) is -3.68. The third-order valence-electron chi connectivity index (χ3n) is 5.01. The van der Waals surface area contributed by atoms with Gasteiger partial charge >= 0.3 is 12.1 Å². The van der Waals surface area contributed by atoms with E-state index in [0.29, 0.717) is 12.8 Å². The van der Waals surface area contributed by atoms with Gasteiger partial charge in [0.2, 0.25) is 0 Å². The van der Waals surface area contributed by atoms with Crippen molar-refractivity contribution in [1.82, 2.24) is 10.2 Å². The Morgan fingerprint density at radius 2 is 1.77 bits per heavy atom. The first kappa shape index (κ1) is 22.9. The minimum absolute atomic E-state index is 0.109. The van der Waals surface area contributed by atoms with E-state index in [2.05, 4.69) is 22.3 Å². The standard InChI is InChI=1S/C21H21ClF3N3O3/c22-16-10-15(18(29)11-17(16)27-20(31)21(23,24)25)19(30)26-14-6-8-28(9-7-14)12-13-4-2-1-3-5-13/h1-5,10-11,14,29H,6-9,12H2,(H,26,30)(H,27,31). The van der Waals surface area contributed by atoms with Crippen LogP contribution in [0.15, 0.2) is 42.5 Å². The summed E-state index contributed by atoms with van der Waals surface area (Å²) in [5.74, 6) is -3.40. The van der Waals surface area contributed by atoms with Crippen LogP contribution in [0.2, 0.25) is 5.02 Å². The number of likely N-dealkylation sites (tertiary alicyclic amines) is 1. The van der Waals surface area contributed by atoms with Crippen molar-refractivity contribution < 1.29 is 27.9 Å². The lowest BCUT2D eigenvalue weighted by molar-refractivity contribution is -0.167. The number of nitrogens with zero attached hydrogens (tertiary/aromatic N) is 1. The van der Waals surface area contributed by atoms with E-state index in [0.717, 1.165) is 31.8 Å². The van der Waals surface area contributed by atoms with Crippen molar-refractivity contribution in [3.63, 3.8) is 0 Å². The molecule has 31 heavy (non-hydrogen) atoms. The third-order valence-corrected chi connectivity index (χ3v) is 5.32. The number of hydrogen-bond donors (Lipinski definition) is 3. The summed E-state index contributed by atoms with van der Waals surface area (Å²) in [7, 11) is 0. The van der Waals surface area contributed by atoms with E-state index < -0.39 is 29.4 Å². The predicted molar refractivity (Wildman–Crippen MR) is 110 cm³/mol. The molecule has 1 heterocycles. The number of halogens is 4. The van der Waals surface area contributed by atoms with E-state index in [4.69, 9.17) is 11.6 Å². The van der Waals surface area contributed by atoms with Gasteiger partial charge in [-0.2, -0.15) is 13.2 Å². The molecule has 1 aliphatic heterocycles. The molecule has 1 saturated heterocycles. The van der Waals surface area contributed by atoms with E-state index in [-0.39, 0.29) is 16.6 Å². The molecule has 3 N–H and O–H groups in total. The van der Waals surface area contributed by atoms with Gasteiger partial charge < -0.3 is 15.7 Å². The maximum Gasteiger partial charge on any atom is 0.471 e. The molecule has 2 aromatic carbocycles. The van der Waals surface area contributed by atoms with Gasteiger partial charge in [-0.25, -0.2) is 0 Å². The lowest BCUT2D eigenvalue weighted by Gasteiger charge is -2.32. The van der Waals surface area contributed by atoms with Crippen LogP contribution >= 0.6 is 11.6 Å². The molecule has 2 amide bonds. The van der Waals surface area contributed by atoms with Crippen LogP contribution < -0.4 is 10.6 Å². The quantitative estimate of drug-likeness (QED) is 0.638. The largest absolute Gasteiger partial charge is 0.507 e. The number of phenols is 1. The Balaban J connectivity index is 1.57. The fourth-order valence-electron chi connectivity index (χ4n) is 3.37. The lowest BCUT2D eigenvalue weighted by Crippen LogP contribution is -2.44. The summed E-state index contributed by atoms with van der Waals surface area (Å²) in [6, 6.07) is 11.8. The maximum atomic E-state index is 12.5. The Kier molecular flexibility index (Phi) is 7.07. The number of hydrogen-bond acceptors (Lipinski definition) is 4. The summed E-state index contributed by atoms with van der Waals surface area (Å²) >= 11 is 5.90. The molecule has 2 aromatic rings. The highest BCUT2D eigenvalue weighted by Gasteiger charge is 2.39. The second kappa shape index (κ2) is 9.57. The number of alkyl halides is 3. The van der Waals surface area contributed by atoms with Gasteiger partial charge in [-0.05, 0) is 24.5 Å². The van der Waals surface area contributed by atoms with E-state index >= 15 is 0 Å². The Morgan fingerprint density at radius 3 is 2.39 bits per heavy atom. The highest BCUT2D eigenvalue weighted by atomic mass is 35.5. The number of carbonyl (C=O) groups excluding carboxylic acids is 2. The summed E-state index contributed by atoms with van der Waals surface area (Å²) in [4.78, 5) is 25.9. The van der Waals surface area contributed by atoms with Gasteiger partial charge in [0, 0.05) is 31.7 Å². The average molecular weight is 456 g/mol. The first-order valence-corrected chi connectivity index (χ1v) is 9.99. The normalized spacial score (nSPS) is 15.5. The molecule has 0 radical (unpaired) electrons. The fourth-order valence-corrected chi connectivity index (χ4v) is 3.58. The molecule has 3 rings (SSSR count). The number of benzene rings is 2. The van der Waals surface area contributed by atoms with Crippen molar-refractivity contribution in [2.24, 2.45) is 0 Å². The van der Waals surface area contributed by atoms with Crippen LogP contribution in [0.3, 0.4) is 0 Å². The van der Waals surface area contributed by atoms with Crippen LogP contribution in [0.25, 0.3) is 0 Å². The number of amides is 2. The van der Waals surface area contributed by atoms with E-state index in [1.807, 2.05) is 18.2 Å². The number of anilines is 1. The van der Waals surface area contributed by atoms with Gasteiger partial charge in [0.25, 0.3) is 5.91 Å². The SMILES string of the molecule is O=C(NC1CCN(Cc2ccccc2)CC1)c1cc(Cl)c(NC(=O)C(F)(F)F)cc1O. The van der Waals surface area contributed by atoms with E-state index in [1.54, 1.807) is 5.32 Å². The summed E-state index contributed by atoms with van der Waals surface area (Å²) in [5.41, 5.74) is 0.594. The monoisotopic (exact) mass is 455 g/mol. The van der Waals surface area contributed by atoms with Gasteiger partial charge in [0.15, 0.2) is 0 Å². The highest BCUT2D eigenvalue weighted by molar-refractivity contribution is 6.34. The smallest absolute Gasteiger partial charge is 0.471 e. The molecular formula is C21H21ClF3N3O3. The maximum absolute atomic E-state index is 12.5. The van der Waals surface area contributed by atoms with Crippen molar-refractivity contribution in [3.05, 3.63) is 58.6 Å². The first-order valence-electron chi connectivity index (χ1n) is 9.61. The highest BCUT2D eigenvalue weighted by Crippen LogP contribution is 2.31. The number of carbonyl (C=O) groups is 2. The fraction of sp³-hybridized carbons (Fsp3) is 0.333. The number of piperidine rings is 1. The average Bonchev–Trinajstić information content (AvgIpc) is 2.72. The van der Waals surface area contributed by atoms with Crippen LogP contribution in [0.5, 0.6) is 5.75 Å². The molecule has 1 fully saturated rings. The minimum atomic E-state index is -5.11. The molecular weight excluding hydrogens is 435 g/mol. The molecule has 1 aliphatic rings. The van der Waals surface area contributed by atoms with Gasteiger partial charge in [0.05, 0.1) is 16.3 Å². The zero-order valence-electron chi connectivity index (χ0n) is 16.4. The Labute approximate surface area is 182 Å². The van der Waals surface area contributed by atoms with Crippen molar-refractivity contribution in [2.45, 2.75) is 31.6 Å². The van der Waals surface area contributed by atoms with Gasteiger partial charge in [0.1, 0.15) is 5.75 Å². The molecule has 0 spiro atoms. The Hall–Kier alpha value is -2.78. The number of nitrogens with one attached hydrogen (secondary N) is 2. The second-order valence-corrected chi connectivity index (χ2v) is 7.72. The Bertz CT molecular complexity index is 946. The molecule has 0 atom stereocenters. The minimum Gasteiger partial charge on any atom is -0.507 e. The molecule has 0 saturated carbocycles. The number of rotatable bonds is 5. The van der Waals surface area contributed by atoms with Gasteiger partial charge in [-0.1, -0.05) is 41.9 Å². The summed E-state index contributed by atoms with van der Waals surface area (Å²) < 4.78 is 37.2. The second-order valence-electron chi connectivity index (χ2n) is 7.31. The molecule has 0 bridgehead atoms. The molecule has 166 valence electrons. The van der Waals surface area contributed by atoms with Gasteiger partial charge in [-0.3, -0.25) is 14.5 Å². The van der Waals surface area contributed by atoms with Crippen LogP contribution in [0.1, 0.15) is 28.8 Å². The van der Waals surface area contributed by atoms with Crippen molar-refractivity contribution >= 4 is 29.1 Å². The third kappa shape index (κ3) is 6.11. The van der Waals surface area contributed by atoms with Crippen LogP contribution in [-0.4, -0.2) is 47.1 Å². The van der Waals surface area contributed by atoms with Crippen LogP contribution in [-0.2, 0) is 11.3 Å². The van der Waals surface area contributed by atoms with E-state index in [1.165, 1.54) is 5.56 Å². The van der Waals surface area contributed by atoms with Crippen molar-refractivity contribution in [1.29, 1.82) is 0 Å². The summed E-state index contributed by atoms with van der Waals surface area (Å²) in [6.45, 7) is 2.40. The topological polar surface area (TPSA) is 81.7 Å². The predicted octanol–water partition coefficient (Wildman–Crippen LogP) is 3.94. The zero-order chi connectivity index (χ0) is 22.6. The van der Waals surface area contributed by atoms with Crippen LogP contribution in [0.4, 0.5) is 18.9 Å². The van der Waals surface area contributed by atoms with E-state index in [9.17, 15) is 27.9 Å². The molecule has 10 heteroatoms. The molecule has 0 aromatic heterocycles. The molecule has 6 nitrogen and oxygen atoms in total. The Morgan fingerprint density at radius 1 is 1.13 bits per heavy atom.